The third-order valence-corrected chi connectivity index (χ3v) is 3.56. The van der Waals surface area contributed by atoms with E-state index in [1.54, 1.807) is 11.1 Å². The Bertz CT molecular complexity index is 391. The zero-order chi connectivity index (χ0) is 11.5. The van der Waals surface area contributed by atoms with E-state index in [1.165, 1.54) is 11.3 Å². The molecule has 2 N–H and O–H groups in total. The minimum atomic E-state index is -0.311. The fraction of sp³-hybridized carbons (Fsp3) is 0.500. The summed E-state index contributed by atoms with van der Waals surface area (Å²) in [6.07, 6.45) is 3.22. The molecule has 2 rings (SSSR count). The van der Waals surface area contributed by atoms with Crippen LogP contribution in [0.1, 0.15) is 19.3 Å². The van der Waals surface area contributed by atoms with Crippen LogP contribution in [0.2, 0.25) is 0 Å². The first-order valence-corrected chi connectivity index (χ1v) is 6.05. The van der Waals surface area contributed by atoms with Crippen molar-refractivity contribution in [3.05, 3.63) is 11.6 Å². The predicted octanol–water partition coefficient (Wildman–Crippen LogP) is 0.761. The summed E-state index contributed by atoms with van der Waals surface area (Å²) in [4.78, 5) is 28.7. The fourth-order valence-corrected chi connectivity index (χ4v) is 2.51. The highest BCUT2D eigenvalue weighted by atomic mass is 32.1. The average molecular weight is 239 g/mol. The molecule has 1 aliphatic rings. The molecule has 1 unspecified atom stereocenters. The Labute approximate surface area is 97.3 Å². The van der Waals surface area contributed by atoms with Crippen molar-refractivity contribution >= 4 is 28.3 Å². The van der Waals surface area contributed by atoms with E-state index in [2.05, 4.69) is 4.98 Å². The lowest BCUT2D eigenvalue weighted by Gasteiger charge is -2.16. The number of aromatic nitrogens is 1. The van der Waals surface area contributed by atoms with Crippen LogP contribution < -0.4 is 10.6 Å². The summed E-state index contributed by atoms with van der Waals surface area (Å²) >= 11 is 1.43. The maximum Gasteiger partial charge on any atom is 0.228 e. The number of primary amides is 1. The molecule has 0 aromatic carbocycles. The van der Waals surface area contributed by atoms with E-state index in [9.17, 15) is 9.59 Å². The van der Waals surface area contributed by atoms with Crippen LogP contribution in [0.25, 0.3) is 0 Å². The lowest BCUT2D eigenvalue weighted by Crippen LogP contribution is -2.30. The second-order valence-corrected chi connectivity index (χ2v) is 4.66. The number of nitrogens with two attached hydrogens (primary N) is 1. The topological polar surface area (TPSA) is 76.3 Å². The first-order chi connectivity index (χ1) is 7.68. The van der Waals surface area contributed by atoms with E-state index in [4.69, 9.17) is 5.73 Å². The van der Waals surface area contributed by atoms with Crippen molar-refractivity contribution in [2.45, 2.75) is 19.3 Å². The standard InChI is InChI=1S/C10H13N3O2S/c11-9(15)7-1-2-8(14)13(5-3-7)10-12-4-6-16-10/h4,6-7H,1-3,5H2,(H2,11,15). The Balaban J connectivity index is 2.11. The smallest absolute Gasteiger partial charge is 0.228 e. The van der Waals surface area contributed by atoms with Gasteiger partial charge in [0.1, 0.15) is 0 Å². The molecule has 5 nitrogen and oxygen atoms in total. The Morgan fingerprint density at radius 3 is 3.00 bits per heavy atom. The molecule has 1 saturated heterocycles. The minimum absolute atomic E-state index is 0.0266. The van der Waals surface area contributed by atoms with Crippen molar-refractivity contribution < 1.29 is 9.59 Å². The van der Waals surface area contributed by atoms with Gasteiger partial charge in [-0.2, -0.15) is 0 Å². The average Bonchev–Trinajstić information content (AvgIpc) is 2.69. The molecule has 1 atom stereocenters. The van der Waals surface area contributed by atoms with Crippen LogP contribution >= 0.6 is 11.3 Å². The van der Waals surface area contributed by atoms with E-state index in [1.807, 2.05) is 5.38 Å². The van der Waals surface area contributed by atoms with Gasteiger partial charge >= 0.3 is 0 Å². The second-order valence-electron chi connectivity index (χ2n) is 3.79. The molecular weight excluding hydrogens is 226 g/mol. The molecule has 1 fully saturated rings. The number of carbonyl (C=O) groups is 2. The van der Waals surface area contributed by atoms with Crippen LogP contribution in [0, 0.1) is 5.92 Å². The molecule has 1 aromatic rings. The normalized spacial score (nSPS) is 21.9. The highest BCUT2D eigenvalue weighted by Crippen LogP contribution is 2.24. The molecule has 1 aliphatic heterocycles. The number of anilines is 1. The summed E-state index contributed by atoms with van der Waals surface area (Å²) in [5, 5.41) is 2.54. The number of nitrogens with zero attached hydrogens (tertiary/aromatic N) is 2. The summed E-state index contributed by atoms with van der Waals surface area (Å²) in [6, 6.07) is 0. The maximum atomic E-state index is 11.8. The van der Waals surface area contributed by atoms with E-state index in [0.29, 0.717) is 30.9 Å². The number of rotatable bonds is 2. The van der Waals surface area contributed by atoms with Gasteiger partial charge in [0.05, 0.1) is 0 Å². The summed E-state index contributed by atoms with van der Waals surface area (Å²) in [5.74, 6) is -0.471. The monoisotopic (exact) mass is 239 g/mol. The summed E-state index contributed by atoms with van der Waals surface area (Å²) in [5.41, 5.74) is 5.26. The van der Waals surface area contributed by atoms with Gasteiger partial charge in [-0.15, -0.1) is 11.3 Å². The number of thiazole rings is 1. The van der Waals surface area contributed by atoms with Crippen LogP contribution in [-0.2, 0) is 9.59 Å². The van der Waals surface area contributed by atoms with Crippen molar-refractivity contribution in [1.29, 1.82) is 0 Å². The van der Waals surface area contributed by atoms with Gasteiger partial charge in [0.25, 0.3) is 0 Å². The Morgan fingerprint density at radius 2 is 2.38 bits per heavy atom. The minimum Gasteiger partial charge on any atom is -0.369 e. The first-order valence-electron chi connectivity index (χ1n) is 5.17. The molecule has 0 saturated carbocycles. The van der Waals surface area contributed by atoms with Gasteiger partial charge in [-0.1, -0.05) is 0 Å². The molecule has 86 valence electrons. The number of amides is 2. The SMILES string of the molecule is NC(=O)C1CCC(=O)N(c2nccs2)CC1. The van der Waals surface area contributed by atoms with Crippen molar-refractivity contribution in [1.82, 2.24) is 4.98 Å². The number of hydrogen-bond donors (Lipinski definition) is 1. The molecule has 2 heterocycles. The quantitative estimate of drug-likeness (QED) is 0.827. The van der Waals surface area contributed by atoms with Crippen molar-refractivity contribution in [2.24, 2.45) is 11.7 Å². The summed E-state index contributed by atoms with van der Waals surface area (Å²) < 4.78 is 0. The van der Waals surface area contributed by atoms with E-state index < -0.39 is 0 Å². The van der Waals surface area contributed by atoms with Gasteiger partial charge in [0, 0.05) is 30.5 Å². The van der Waals surface area contributed by atoms with Crippen LogP contribution in [0.4, 0.5) is 5.13 Å². The zero-order valence-electron chi connectivity index (χ0n) is 8.76. The number of hydrogen-bond acceptors (Lipinski definition) is 4. The molecule has 0 radical (unpaired) electrons. The number of carbonyl (C=O) groups excluding carboxylic acids is 2. The van der Waals surface area contributed by atoms with E-state index in [0.717, 1.165) is 0 Å². The van der Waals surface area contributed by atoms with Gasteiger partial charge in [-0.25, -0.2) is 4.98 Å². The van der Waals surface area contributed by atoms with Gasteiger partial charge in [-0.3, -0.25) is 14.5 Å². The molecule has 0 bridgehead atoms. The Hall–Kier alpha value is -1.43. The van der Waals surface area contributed by atoms with Crippen LogP contribution in [-0.4, -0.2) is 23.3 Å². The van der Waals surface area contributed by atoms with Crippen molar-refractivity contribution in [2.75, 3.05) is 11.4 Å². The third-order valence-electron chi connectivity index (χ3n) is 2.76. The molecule has 2 amide bonds. The van der Waals surface area contributed by atoms with Crippen LogP contribution in [0.5, 0.6) is 0 Å². The third kappa shape index (κ3) is 2.21. The zero-order valence-corrected chi connectivity index (χ0v) is 9.57. The van der Waals surface area contributed by atoms with Crippen LogP contribution in [0.15, 0.2) is 11.6 Å². The maximum absolute atomic E-state index is 11.8. The highest BCUT2D eigenvalue weighted by Gasteiger charge is 2.27. The fourth-order valence-electron chi connectivity index (χ4n) is 1.82. The molecule has 16 heavy (non-hydrogen) atoms. The Morgan fingerprint density at radius 1 is 1.56 bits per heavy atom. The lowest BCUT2D eigenvalue weighted by molar-refractivity contribution is -0.122. The summed E-state index contributed by atoms with van der Waals surface area (Å²) in [6.45, 7) is 0.528. The molecule has 0 aliphatic carbocycles. The van der Waals surface area contributed by atoms with Gasteiger partial charge in [0.15, 0.2) is 5.13 Å². The summed E-state index contributed by atoms with van der Waals surface area (Å²) in [7, 11) is 0. The van der Waals surface area contributed by atoms with Crippen LogP contribution in [0.3, 0.4) is 0 Å². The van der Waals surface area contributed by atoms with E-state index >= 15 is 0 Å². The predicted molar refractivity (Wildman–Crippen MR) is 61.0 cm³/mol. The highest BCUT2D eigenvalue weighted by molar-refractivity contribution is 7.13. The molecular formula is C10H13N3O2S. The molecule has 6 heteroatoms. The Kier molecular flexibility index (Phi) is 3.19. The van der Waals surface area contributed by atoms with E-state index in [-0.39, 0.29) is 17.7 Å². The second kappa shape index (κ2) is 4.61. The first kappa shape index (κ1) is 11.1. The largest absolute Gasteiger partial charge is 0.369 e. The van der Waals surface area contributed by atoms with Gasteiger partial charge in [-0.05, 0) is 12.8 Å². The van der Waals surface area contributed by atoms with Gasteiger partial charge in [0.2, 0.25) is 11.8 Å². The van der Waals surface area contributed by atoms with Crippen molar-refractivity contribution in [3.63, 3.8) is 0 Å². The van der Waals surface area contributed by atoms with Gasteiger partial charge < -0.3 is 5.73 Å². The molecule has 0 spiro atoms. The lowest BCUT2D eigenvalue weighted by atomic mass is 10.0. The van der Waals surface area contributed by atoms with Crippen molar-refractivity contribution in [3.8, 4) is 0 Å². The molecule has 1 aromatic heterocycles.